The maximum absolute atomic E-state index is 10.7. The normalized spacial score (nSPS) is 26.7. The molecule has 4 nitrogen and oxygen atoms in total. The van der Waals surface area contributed by atoms with Gasteiger partial charge in [0, 0.05) is 20.3 Å². The molecule has 2 atom stereocenters. The molecule has 1 rings (SSSR count). The van der Waals surface area contributed by atoms with Crippen LogP contribution in [0.1, 0.15) is 39.5 Å². The minimum Gasteiger partial charge on any atom is -0.462 e. The maximum atomic E-state index is 10.7. The van der Waals surface area contributed by atoms with Crippen LogP contribution in [-0.2, 0) is 19.1 Å². The topological polar surface area (TPSA) is 52.6 Å². The molecule has 80 valence electrons. The molecule has 0 spiro atoms. The summed E-state index contributed by atoms with van der Waals surface area (Å²) >= 11 is 0. The smallest absolute Gasteiger partial charge is 0.302 e. The van der Waals surface area contributed by atoms with E-state index in [9.17, 15) is 9.59 Å². The number of hydrogen-bond donors (Lipinski definition) is 0. The first-order valence-electron chi connectivity index (χ1n) is 4.92. The summed E-state index contributed by atoms with van der Waals surface area (Å²) in [5, 5.41) is 0. The predicted molar refractivity (Wildman–Crippen MR) is 49.6 cm³/mol. The molecule has 1 saturated carbocycles. The average molecular weight is 200 g/mol. The number of rotatable bonds is 2. The zero-order valence-electron chi connectivity index (χ0n) is 8.62. The van der Waals surface area contributed by atoms with Crippen molar-refractivity contribution < 1.29 is 19.1 Å². The third-order valence-electron chi connectivity index (χ3n) is 2.24. The molecule has 1 fully saturated rings. The third-order valence-corrected chi connectivity index (χ3v) is 2.24. The van der Waals surface area contributed by atoms with Crippen LogP contribution in [0.3, 0.4) is 0 Å². The van der Waals surface area contributed by atoms with Crippen molar-refractivity contribution in [3.63, 3.8) is 0 Å². The average Bonchev–Trinajstić information content (AvgIpc) is 2.01. The van der Waals surface area contributed by atoms with Crippen molar-refractivity contribution in [2.45, 2.75) is 51.7 Å². The highest BCUT2D eigenvalue weighted by atomic mass is 16.6. The highest BCUT2D eigenvalue weighted by molar-refractivity contribution is 5.66. The van der Waals surface area contributed by atoms with E-state index < -0.39 is 0 Å². The lowest BCUT2D eigenvalue weighted by Gasteiger charge is -2.27. The first kappa shape index (κ1) is 11.0. The molecule has 0 aromatic heterocycles. The van der Waals surface area contributed by atoms with Gasteiger partial charge in [0.05, 0.1) is 0 Å². The van der Waals surface area contributed by atoms with Crippen molar-refractivity contribution in [2.24, 2.45) is 0 Å². The molecule has 0 aromatic rings. The molecule has 0 aromatic carbocycles. The molecule has 4 heteroatoms. The molecule has 0 radical (unpaired) electrons. The van der Waals surface area contributed by atoms with Crippen molar-refractivity contribution in [2.75, 3.05) is 0 Å². The van der Waals surface area contributed by atoms with Crippen LogP contribution in [0.25, 0.3) is 0 Å². The summed E-state index contributed by atoms with van der Waals surface area (Å²) in [6.07, 6.45) is 3.17. The number of esters is 2. The fourth-order valence-electron chi connectivity index (χ4n) is 1.79. The van der Waals surface area contributed by atoms with Gasteiger partial charge in [-0.15, -0.1) is 0 Å². The molecule has 0 heterocycles. The Hall–Kier alpha value is -1.06. The second kappa shape index (κ2) is 4.98. The van der Waals surface area contributed by atoms with Gasteiger partial charge in [0.2, 0.25) is 0 Å². The van der Waals surface area contributed by atoms with Gasteiger partial charge >= 0.3 is 11.9 Å². The van der Waals surface area contributed by atoms with Gasteiger partial charge in [-0.25, -0.2) is 0 Å². The fourth-order valence-corrected chi connectivity index (χ4v) is 1.79. The molecule has 14 heavy (non-hydrogen) atoms. The highest BCUT2D eigenvalue weighted by Gasteiger charge is 2.25. The quantitative estimate of drug-likeness (QED) is 0.633. The van der Waals surface area contributed by atoms with Crippen LogP contribution in [0.15, 0.2) is 0 Å². The monoisotopic (exact) mass is 200 g/mol. The van der Waals surface area contributed by atoms with Gasteiger partial charge in [-0.3, -0.25) is 9.59 Å². The lowest BCUT2D eigenvalue weighted by molar-refractivity contribution is -0.155. The molecular formula is C10H16O4. The summed E-state index contributed by atoms with van der Waals surface area (Å²) in [7, 11) is 0. The molecule has 0 bridgehead atoms. The van der Waals surface area contributed by atoms with Crippen LogP contribution < -0.4 is 0 Å². The van der Waals surface area contributed by atoms with E-state index in [4.69, 9.17) is 9.47 Å². The van der Waals surface area contributed by atoms with E-state index in [0.29, 0.717) is 6.42 Å². The standard InChI is InChI=1S/C10H16O4/c1-7(11)13-9-4-3-5-10(6-9)14-8(2)12/h9-10H,3-6H2,1-2H3. The highest BCUT2D eigenvalue weighted by Crippen LogP contribution is 2.23. The number of hydrogen-bond acceptors (Lipinski definition) is 4. The van der Waals surface area contributed by atoms with E-state index >= 15 is 0 Å². The van der Waals surface area contributed by atoms with E-state index in [1.165, 1.54) is 13.8 Å². The lowest BCUT2D eigenvalue weighted by atomic mass is 9.95. The van der Waals surface area contributed by atoms with Crippen molar-refractivity contribution in [3.05, 3.63) is 0 Å². The van der Waals surface area contributed by atoms with Crippen LogP contribution in [0.2, 0.25) is 0 Å². The lowest BCUT2D eigenvalue weighted by Crippen LogP contribution is -2.30. The van der Waals surface area contributed by atoms with Crippen molar-refractivity contribution in [3.8, 4) is 0 Å². The van der Waals surface area contributed by atoms with E-state index in [1.54, 1.807) is 0 Å². The van der Waals surface area contributed by atoms with Crippen molar-refractivity contribution in [1.29, 1.82) is 0 Å². The van der Waals surface area contributed by atoms with E-state index in [2.05, 4.69) is 0 Å². The van der Waals surface area contributed by atoms with Crippen LogP contribution in [0, 0.1) is 0 Å². The second-order valence-corrected chi connectivity index (χ2v) is 3.63. The third kappa shape index (κ3) is 3.77. The summed E-state index contributed by atoms with van der Waals surface area (Å²) < 4.78 is 10.1. The molecule has 0 aliphatic heterocycles. The summed E-state index contributed by atoms with van der Waals surface area (Å²) in [6, 6.07) is 0. The Bertz CT molecular complexity index is 202. The van der Waals surface area contributed by atoms with Gasteiger partial charge in [-0.1, -0.05) is 0 Å². The van der Waals surface area contributed by atoms with Crippen LogP contribution in [-0.4, -0.2) is 24.1 Å². The zero-order valence-corrected chi connectivity index (χ0v) is 8.62. The first-order valence-corrected chi connectivity index (χ1v) is 4.92. The Balaban J connectivity index is 2.35. The van der Waals surface area contributed by atoms with Crippen LogP contribution in [0.4, 0.5) is 0 Å². The number of carbonyl (C=O) groups is 2. The number of carbonyl (C=O) groups excluding carboxylic acids is 2. The Morgan fingerprint density at radius 2 is 1.43 bits per heavy atom. The molecule has 1 aliphatic carbocycles. The van der Waals surface area contributed by atoms with Gasteiger partial charge in [0.15, 0.2) is 0 Å². The summed E-state index contributed by atoms with van der Waals surface area (Å²) in [5.41, 5.74) is 0. The SMILES string of the molecule is CC(=O)OC1CCCC(OC(C)=O)C1. The predicted octanol–water partition coefficient (Wildman–Crippen LogP) is 1.42. The Kier molecular flexibility index (Phi) is 3.92. The summed E-state index contributed by atoms with van der Waals surface area (Å²) in [5.74, 6) is -0.531. The van der Waals surface area contributed by atoms with Gasteiger partial charge < -0.3 is 9.47 Å². The van der Waals surface area contributed by atoms with Gasteiger partial charge in [-0.2, -0.15) is 0 Å². The first-order chi connectivity index (χ1) is 6.58. The molecule has 0 amide bonds. The molecular weight excluding hydrogens is 184 g/mol. The fraction of sp³-hybridized carbons (Fsp3) is 0.800. The van der Waals surface area contributed by atoms with Gasteiger partial charge in [0.25, 0.3) is 0 Å². The summed E-state index contributed by atoms with van der Waals surface area (Å²) in [4.78, 5) is 21.4. The minimum absolute atomic E-state index is 0.0781. The molecule has 0 saturated heterocycles. The van der Waals surface area contributed by atoms with Crippen molar-refractivity contribution >= 4 is 11.9 Å². The Labute approximate surface area is 83.6 Å². The Morgan fingerprint density at radius 1 is 1.00 bits per heavy atom. The zero-order chi connectivity index (χ0) is 10.6. The Morgan fingerprint density at radius 3 is 1.79 bits per heavy atom. The van der Waals surface area contributed by atoms with E-state index in [0.717, 1.165) is 19.3 Å². The van der Waals surface area contributed by atoms with Crippen molar-refractivity contribution in [1.82, 2.24) is 0 Å². The molecule has 2 unspecified atom stereocenters. The molecule has 0 N–H and O–H groups in total. The van der Waals surface area contributed by atoms with Gasteiger partial charge in [-0.05, 0) is 19.3 Å². The van der Waals surface area contributed by atoms with Crippen LogP contribution >= 0.6 is 0 Å². The van der Waals surface area contributed by atoms with E-state index in [-0.39, 0.29) is 24.1 Å². The number of ether oxygens (including phenoxy) is 2. The van der Waals surface area contributed by atoms with Gasteiger partial charge in [0.1, 0.15) is 12.2 Å². The summed E-state index contributed by atoms with van der Waals surface area (Å²) in [6.45, 7) is 2.80. The second-order valence-electron chi connectivity index (χ2n) is 3.63. The molecule has 1 aliphatic rings. The van der Waals surface area contributed by atoms with E-state index in [1.807, 2.05) is 0 Å². The minimum atomic E-state index is -0.265. The largest absolute Gasteiger partial charge is 0.462 e. The van der Waals surface area contributed by atoms with Crippen LogP contribution in [0.5, 0.6) is 0 Å². The maximum Gasteiger partial charge on any atom is 0.302 e.